The second-order valence-corrected chi connectivity index (χ2v) is 7.69. The lowest BCUT2D eigenvalue weighted by Gasteiger charge is -2.20. The minimum atomic E-state index is -0.607. The topological polar surface area (TPSA) is 79.8 Å². The SMILES string of the molecule is CC(C)(C)OC(=O)Nc1ccccc1NC(=O)c1ccc(C2=CCN=CC2)cc1. The summed E-state index contributed by atoms with van der Waals surface area (Å²) in [4.78, 5) is 28.9. The zero-order valence-electron chi connectivity index (χ0n) is 16.9. The Labute approximate surface area is 170 Å². The van der Waals surface area contributed by atoms with Crippen molar-refractivity contribution in [2.24, 2.45) is 4.99 Å². The van der Waals surface area contributed by atoms with Crippen molar-refractivity contribution in [1.82, 2.24) is 0 Å². The molecule has 2 N–H and O–H groups in total. The molecule has 0 aliphatic carbocycles. The highest BCUT2D eigenvalue weighted by Gasteiger charge is 2.18. The van der Waals surface area contributed by atoms with Gasteiger partial charge in [0.25, 0.3) is 5.91 Å². The van der Waals surface area contributed by atoms with Gasteiger partial charge >= 0.3 is 6.09 Å². The molecule has 0 radical (unpaired) electrons. The van der Waals surface area contributed by atoms with Crippen molar-refractivity contribution in [3.8, 4) is 0 Å². The van der Waals surface area contributed by atoms with Crippen molar-refractivity contribution in [2.45, 2.75) is 32.8 Å². The summed E-state index contributed by atoms with van der Waals surface area (Å²) in [6.07, 6.45) is 4.22. The van der Waals surface area contributed by atoms with E-state index in [9.17, 15) is 9.59 Å². The zero-order valence-corrected chi connectivity index (χ0v) is 16.9. The van der Waals surface area contributed by atoms with Crippen LogP contribution in [0.2, 0.25) is 0 Å². The number of dihydropyridines is 1. The maximum absolute atomic E-state index is 12.7. The standard InChI is InChI=1S/C23H25N3O3/c1-23(2,3)29-22(28)26-20-7-5-4-6-19(20)25-21(27)18-10-8-16(9-11-18)17-12-14-24-15-13-17/h4-12,15H,13-14H2,1-3H3,(H,25,27)(H,26,28). The molecule has 0 spiro atoms. The van der Waals surface area contributed by atoms with Crippen LogP contribution in [0.4, 0.5) is 16.2 Å². The molecule has 2 aromatic rings. The van der Waals surface area contributed by atoms with Gasteiger partial charge in [-0.25, -0.2) is 4.79 Å². The fourth-order valence-corrected chi connectivity index (χ4v) is 2.86. The van der Waals surface area contributed by atoms with Crippen LogP contribution in [0, 0.1) is 0 Å². The van der Waals surface area contributed by atoms with E-state index in [0.29, 0.717) is 23.5 Å². The van der Waals surface area contributed by atoms with Gasteiger partial charge in [-0.1, -0.05) is 30.3 Å². The molecule has 1 aliphatic heterocycles. The molecule has 0 fully saturated rings. The first-order valence-electron chi connectivity index (χ1n) is 9.50. The average Bonchev–Trinajstić information content (AvgIpc) is 2.69. The van der Waals surface area contributed by atoms with Crippen LogP contribution >= 0.6 is 0 Å². The Morgan fingerprint density at radius 2 is 1.62 bits per heavy atom. The lowest BCUT2D eigenvalue weighted by molar-refractivity contribution is 0.0635. The van der Waals surface area contributed by atoms with Gasteiger partial charge in [-0.15, -0.1) is 0 Å². The van der Waals surface area contributed by atoms with Crippen LogP contribution in [0.25, 0.3) is 5.57 Å². The maximum Gasteiger partial charge on any atom is 0.412 e. The molecule has 0 saturated carbocycles. The fraction of sp³-hybridized carbons (Fsp3) is 0.261. The predicted molar refractivity (Wildman–Crippen MR) is 117 cm³/mol. The number of nitrogens with one attached hydrogen (secondary N) is 2. The molecule has 3 rings (SSSR count). The van der Waals surface area contributed by atoms with E-state index >= 15 is 0 Å². The third-order valence-electron chi connectivity index (χ3n) is 4.21. The third kappa shape index (κ3) is 5.78. The largest absolute Gasteiger partial charge is 0.444 e. The monoisotopic (exact) mass is 391 g/mol. The molecule has 0 atom stereocenters. The molecule has 6 nitrogen and oxygen atoms in total. The minimum Gasteiger partial charge on any atom is -0.444 e. The van der Waals surface area contributed by atoms with E-state index in [0.717, 1.165) is 12.0 Å². The van der Waals surface area contributed by atoms with Gasteiger partial charge < -0.3 is 10.1 Å². The van der Waals surface area contributed by atoms with Crippen molar-refractivity contribution >= 4 is 35.2 Å². The molecular weight excluding hydrogens is 366 g/mol. The van der Waals surface area contributed by atoms with Gasteiger partial charge in [0.1, 0.15) is 5.60 Å². The van der Waals surface area contributed by atoms with E-state index in [-0.39, 0.29) is 5.91 Å². The second kappa shape index (κ2) is 8.73. The van der Waals surface area contributed by atoms with E-state index in [1.54, 1.807) is 57.2 Å². The lowest BCUT2D eigenvalue weighted by atomic mass is 10.00. The summed E-state index contributed by atoms with van der Waals surface area (Å²) in [5.41, 5.74) is 3.19. The highest BCUT2D eigenvalue weighted by molar-refractivity contribution is 6.07. The van der Waals surface area contributed by atoms with E-state index < -0.39 is 11.7 Å². The molecule has 2 aromatic carbocycles. The number of anilines is 2. The highest BCUT2D eigenvalue weighted by Crippen LogP contribution is 2.24. The first kappa shape index (κ1) is 20.3. The van der Waals surface area contributed by atoms with Crippen LogP contribution in [0.1, 0.15) is 43.1 Å². The number of allylic oxidation sites excluding steroid dienone is 1. The van der Waals surface area contributed by atoms with Gasteiger partial charge in [-0.3, -0.25) is 15.1 Å². The number of carbonyl (C=O) groups is 2. The number of amides is 2. The molecule has 0 aromatic heterocycles. The first-order chi connectivity index (χ1) is 13.8. The Morgan fingerprint density at radius 3 is 2.21 bits per heavy atom. The number of ether oxygens (including phenoxy) is 1. The number of aliphatic imine (C=N–C) groups is 1. The van der Waals surface area contributed by atoms with Crippen LogP contribution in [0.5, 0.6) is 0 Å². The van der Waals surface area contributed by atoms with E-state index in [4.69, 9.17) is 4.74 Å². The molecule has 1 aliphatic rings. The normalized spacial score (nSPS) is 13.4. The average molecular weight is 391 g/mol. The summed E-state index contributed by atoms with van der Waals surface area (Å²) >= 11 is 0. The number of rotatable bonds is 4. The number of benzene rings is 2. The Kier molecular flexibility index (Phi) is 6.12. The molecule has 6 heteroatoms. The Morgan fingerprint density at radius 1 is 0.966 bits per heavy atom. The summed E-state index contributed by atoms with van der Waals surface area (Å²) in [6.45, 7) is 6.07. The molecule has 2 amide bonds. The number of para-hydroxylation sites is 2. The van der Waals surface area contributed by atoms with Gasteiger partial charge in [0.15, 0.2) is 0 Å². The first-order valence-corrected chi connectivity index (χ1v) is 9.50. The Hall–Kier alpha value is -3.41. The van der Waals surface area contributed by atoms with Crippen LogP contribution in [0.15, 0.2) is 59.6 Å². The molecular formula is C23H25N3O3. The highest BCUT2D eigenvalue weighted by atomic mass is 16.6. The number of hydrogen-bond acceptors (Lipinski definition) is 4. The smallest absolute Gasteiger partial charge is 0.412 e. The summed E-state index contributed by atoms with van der Waals surface area (Å²) in [5.74, 6) is -0.255. The van der Waals surface area contributed by atoms with Crippen molar-refractivity contribution in [3.05, 3.63) is 65.7 Å². The molecule has 0 saturated heterocycles. The quantitative estimate of drug-likeness (QED) is 0.757. The van der Waals surface area contributed by atoms with Crippen LogP contribution in [-0.2, 0) is 4.74 Å². The van der Waals surface area contributed by atoms with Crippen LogP contribution in [-0.4, -0.2) is 30.4 Å². The number of hydrogen-bond donors (Lipinski definition) is 2. The summed E-state index contributed by atoms with van der Waals surface area (Å²) in [7, 11) is 0. The summed E-state index contributed by atoms with van der Waals surface area (Å²) in [5, 5.41) is 5.53. The van der Waals surface area contributed by atoms with Crippen molar-refractivity contribution in [1.29, 1.82) is 0 Å². The third-order valence-corrected chi connectivity index (χ3v) is 4.21. The molecule has 1 heterocycles. The second-order valence-electron chi connectivity index (χ2n) is 7.69. The van der Waals surface area contributed by atoms with Crippen molar-refractivity contribution in [2.75, 3.05) is 17.2 Å². The van der Waals surface area contributed by atoms with Crippen LogP contribution < -0.4 is 10.6 Å². The van der Waals surface area contributed by atoms with E-state index in [2.05, 4.69) is 21.7 Å². The Balaban J connectivity index is 1.69. The van der Waals surface area contributed by atoms with Crippen molar-refractivity contribution in [3.63, 3.8) is 0 Å². The van der Waals surface area contributed by atoms with E-state index in [1.165, 1.54) is 5.57 Å². The fourth-order valence-electron chi connectivity index (χ4n) is 2.86. The van der Waals surface area contributed by atoms with Gasteiger partial charge in [-0.2, -0.15) is 0 Å². The Bertz CT molecular complexity index is 954. The number of carbonyl (C=O) groups excluding carboxylic acids is 2. The summed E-state index contributed by atoms with van der Waals surface area (Å²) in [6, 6.07) is 14.5. The lowest BCUT2D eigenvalue weighted by Crippen LogP contribution is -2.27. The maximum atomic E-state index is 12.7. The predicted octanol–water partition coefficient (Wildman–Crippen LogP) is 5.14. The van der Waals surface area contributed by atoms with Crippen molar-refractivity contribution < 1.29 is 14.3 Å². The molecule has 0 bridgehead atoms. The summed E-state index contributed by atoms with van der Waals surface area (Å²) < 4.78 is 5.28. The van der Waals surface area contributed by atoms with Gasteiger partial charge in [0.05, 0.1) is 17.9 Å². The minimum absolute atomic E-state index is 0.255. The van der Waals surface area contributed by atoms with Gasteiger partial charge in [0.2, 0.25) is 0 Å². The number of nitrogens with zero attached hydrogens (tertiary/aromatic N) is 1. The molecule has 29 heavy (non-hydrogen) atoms. The molecule has 0 unspecified atom stereocenters. The van der Waals surface area contributed by atoms with Gasteiger partial charge in [-0.05, 0) is 56.2 Å². The van der Waals surface area contributed by atoms with Gasteiger partial charge in [0, 0.05) is 18.2 Å². The zero-order chi connectivity index (χ0) is 20.9. The molecule has 150 valence electrons. The van der Waals surface area contributed by atoms with Crippen LogP contribution in [0.3, 0.4) is 0 Å². The van der Waals surface area contributed by atoms with E-state index in [1.807, 2.05) is 18.3 Å².